The number of carboxylic acid groups (broad SMARTS) is 1. The highest BCUT2D eigenvalue weighted by molar-refractivity contribution is 5.91. The Morgan fingerprint density at radius 2 is 1.80 bits per heavy atom. The van der Waals surface area contributed by atoms with Gasteiger partial charge in [-0.2, -0.15) is 0 Å². The van der Waals surface area contributed by atoms with Crippen LogP contribution in [-0.4, -0.2) is 58.0 Å². The number of carbonyl (C=O) groups excluding carboxylic acids is 1. The molecule has 0 radical (unpaired) electrons. The third-order valence-corrected chi connectivity index (χ3v) is 7.57. The summed E-state index contributed by atoms with van der Waals surface area (Å²) in [6, 6.07) is 5.65. The van der Waals surface area contributed by atoms with Gasteiger partial charge in [-0.05, 0) is 49.5 Å². The molecule has 1 atom stereocenters. The lowest BCUT2D eigenvalue weighted by Gasteiger charge is -2.31. The number of esters is 1. The molecule has 0 saturated heterocycles. The second-order valence-electron chi connectivity index (χ2n) is 10.9. The molecule has 6 rings (SSSR count). The Labute approximate surface area is 237 Å². The number of carbonyl (C=O) groups is 2. The molecular formula is C30H35N3O8. The van der Waals surface area contributed by atoms with Gasteiger partial charge in [-0.25, -0.2) is 9.78 Å². The minimum Gasteiger partial charge on any atom is -0.486 e. The second kappa shape index (κ2) is 11.1. The van der Waals surface area contributed by atoms with Gasteiger partial charge in [-0.1, -0.05) is 20.8 Å². The summed E-state index contributed by atoms with van der Waals surface area (Å²) in [7, 11) is 0. The molecule has 0 spiro atoms. The molecule has 3 N–H and O–H groups in total. The predicted molar refractivity (Wildman–Crippen MR) is 150 cm³/mol. The zero-order chi connectivity index (χ0) is 29.5. The van der Waals surface area contributed by atoms with Crippen molar-refractivity contribution in [1.82, 2.24) is 14.9 Å². The minimum absolute atomic E-state index is 0.107. The monoisotopic (exact) mass is 565 g/mol. The molecule has 0 saturated carbocycles. The van der Waals surface area contributed by atoms with Crippen LogP contribution in [-0.2, 0) is 39.5 Å². The molecule has 1 aromatic carbocycles. The normalized spacial score (nSPS) is 18.2. The lowest BCUT2D eigenvalue weighted by Crippen LogP contribution is -2.44. The number of rotatable bonds is 6. The topological polar surface area (TPSA) is 149 Å². The fourth-order valence-electron chi connectivity index (χ4n) is 5.59. The molecule has 3 aromatic rings. The van der Waals surface area contributed by atoms with Crippen LogP contribution in [0.1, 0.15) is 56.4 Å². The van der Waals surface area contributed by atoms with Gasteiger partial charge in [-0.15, -0.1) is 0 Å². The number of hydrogen-bond acceptors (Lipinski definition) is 9. The van der Waals surface area contributed by atoms with Gasteiger partial charge >= 0.3 is 5.97 Å². The Balaban J connectivity index is 0.000000794. The number of carboxylic acids is 1. The Morgan fingerprint density at radius 3 is 2.46 bits per heavy atom. The number of nitrogens with one attached hydrogen (secondary N) is 1. The number of aliphatic carboxylic acids is 1. The first-order valence-electron chi connectivity index (χ1n) is 13.9. The third-order valence-electron chi connectivity index (χ3n) is 7.57. The summed E-state index contributed by atoms with van der Waals surface area (Å²) in [6.45, 7) is 10.0. The summed E-state index contributed by atoms with van der Waals surface area (Å²) < 4.78 is 18.6. The van der Waals surface area contributed by atoms with Crippen LogP contribution in [0.25, 0.3) is 22.3 Å². The van der Waals surface area contributed by atoms with Crippen LogP contribution in [0.2, 0.25) is 0 Å². The van der Waals surface area contributed by atoms with Crippen LogP contribution in [0, 0.1) is 5.92 Å². The maximum absolute atomic E-state index is 13.6. The molecule has 11 heteroatoms. The van der Waals surface area contributed by atoms with Crippen LogP contribution < -0.4 is 20.3 Å². The number of ether oxygens (including phenoxy) is 3. The average molecular weight is 566 g/mol. The SMILES string of the molecule is CC(=O)O.CCC1(O)C(=O)OCc2c1cc1n(c2=O)Cc2c-1nc1cc3c(cc1c2CCNCC(C)C)OCCO3. The number of benzene rings is 1. The first-order chi connectivity index (χ1) is 19.5. The van der Waals surface area contributed by atoms with Gasteiger partial charge in [0.2, 0.25) is 0 Å². The van der Waals surface area contributed by atoms with Crippen molar-refractivity contribution in [3.63, 3.8) is 0 Å². The molecule has 0 bridgehead atoms. The predicted octanol–water partition coefficient (Wildman–Crippen LogP) is 2.73. The molecule has 11 nitrogen and oxygen atoms in total. The number of hydrogen-bond donors (Lipinski definition) is 3. The van der Waals surface area contributed by atoms with E-state index in [2.05, 4.69) is 19.2 Å². The van der Waals surface area contributed by atoms with E-state index in [4.69, 9.17) is 29.1 Å². The third kappa shape index (κ3) is 5.15. The summed E-state index contributed by atoms with van der Waals surface area (Å²) in [4.78, 5) is 40.1. The maximum atomic E-state index is 13.6. The molecule has 0 aliphatic carbocycles. The quantitative estimate of drug-likeness (QED) is 0.235. The van der Waals surface area contributed by atoms with E-state index in [0.29, 0.717) is 59.7 Å². The van der Waals surface area contributed by atoms with Gasteiger partial charge in [0.1, 0.15) is 19.8 Å². The second-order valence-corrected chi connectivity index (χ2v) is 10.9. The molecule has 3 aliphatic heterocycles. The van der Waals surface area contributed by atoms with Crippen molar-refractivity contribution in [1.29, 1.82) is 0 Å². The van der Waals surface area contributed by atoms with E-state index in [1.807, 2.05) is 12.1 Å². The first kappa shape index (κ1) is 28.6. The van der Waals surface area contributed by atoms with Crippen LogP contribution in [0.3, 0.4) is 0 Å². The highest BCUT2D eigenvalue weighted by atomic mass is 16.6. The Kier molecular flexibility index (Phi) is 7.76. The van der Waals surface area contributed by atoms with E-state index < -0.39 is 17.5 Å². The number of aromatic nitrogens is 2. The highest BCUT2D eigenvalue weighted by Crippen LogP contribution is 2.42. The smallest absolute Gasteiger partial charge is 0.343 e. The molecular weight excluding hydrogens is 530 g/mol. The average Bonchev–Trinajstić information content (AvgIpc) is 3.30. The molecule has 218 valence electrons. The zero-order valence-corrected chi connectivity index (χ0v) is 23.7. The van der Waals surface area contributed by atoms with Crippen molar-refractivity contribution in [2.45, 2.75) is 59.3 Å². The van der Waals surface area contributed by atoms with Crippen molar-refractivity contribution < 1.29 is 34.0 Å². The lowest BCUT2D eigenvalue weighted by atomic mass is 9.86. The van der Waals surface area contributed by atoms with Gasteiger partial charge < -0.3 is 34.3 Å². The van der Waals surface area contributed by atoms with E-state index in [0.717, 1.165) is 48.5 Å². The fraction of sp³-hybridized carbons (Fsp3) is 0.467. The van der Waals surface area contributed by atoms with Crippen LogP contribution in [0.15, 0.2) is 23.0 Å². The van der Waals surface area contributed by atoms with E-state index in [9.17, 15) is 14.7 Å². The fourth-order valence-corrected chi connectivity index (χ4v) is 5.59. The van der Waals surface area contributed by atoms with Crippen molar-refractivity contribution in [3.05, 3.63) is 50.8 Å². The van der Waals surface area contributed by atoms with Gasteiger partial charge in [0, 0.05) is 29.5 Å². The Morgan fingerprint density at radius 1 is 1.12 bits per heavy atom. The standard InChI is InChI=1S/C28H31N3O6.C2H4O2/c1-4-28(34)20-10-22-25-18(13-31(22)26(32)19(20)14-37-27(28)33)16(5-6-29-12-15(2)3)17-9-23-24(11-21(17)30-25)36-8-7-35-23;1-2(3)4/h9-11,15,29,34H,4-8,12-14H2,1-3H3;1H3,(H,3,4). The maximum Gasteiger partial charge on any atom is 0.343 e. The first-order valence-corrected chi connectivity index (χ1v) is 13.9. The number of aliphatic hydroxyl groups is 1. The Hall–Kier alpha value is -3.96. The summed E-state index contributed by atoms with van der Waals surface area (Å²) in [5.74, 6) is 0.328. The van der Waals surface area contributed by atoms with Crippen molar-refractivity contribution in [3.8, 4) is 22.9 Å². The number of cyclic esters (lactones) is 1. The molecule has 2 aromatic heterocycles. The van der Waals surface area contributed by atoms with Crippen molar-refractivity contribution >= 4 is 22.8 Å². The van der Waals surface area contributed by atoms with E-state index >= 15 is 0 Å². The number of nitrogens with zero attached hydrogens (tertiary/aromatic N) is 2. The van der Waals surface area contributed by atoms with Gasteiger partial charge in [0.25, 0.3) is 11.5 Å². The van der Waals surface area contributed by atoms with Crippen molar-refractivity contribution in [2.75, 3.05) is 26.3 Å². The molecule has 1 unspecified atom stereocenters. The molecule has 41 heavy (non-hydrogen) atoms. The summed E-state index contributed by atoms with van der Waals surface area (Å²) >= 11 is 0. The van der Waals surface area contributed by atoms with E-state index in [-0.39, 0.29) is 18.6 Å². The van der Waals surface area contributed by atoms with Crippen LogP contribution in [0.5, 0.6) is 11.5 Å². The lowest BCUT2D eigenvalue weighted by molar-refractivity contribution is -0.172. The summed E-state index contributed by atoms with van der Waals surface area (Å²) in [5, 5.41) is 23.1. The minimum atomic E-state index is -1.85. The zero-order valence-electron chi connectivity index (χ0n) is 23.7. The van der Waals surface area contributed by atoms with E-state index in [1.165, 1.54) is 0 Å². The van der Waals surface area contributed by atoms with E-state index in [1.54, 1.807) is 17.6 Å². The number of fused-ring (bicyclic) bond motifs is 6. The van der Waals surface area contributed by atoms with Crippen molar-refractivity contribution in [2.24, 2.45) is 5.92 Å². The van der Waals surface area contributed by atoms with Gasteiger partial charge in [-0.3, -0.25) is 9.59 Å². The highest BCUT2D eigenvalue weighted by Gasteiger charge is 2.45. The largest absolute Gasteiger partial charge is 0.486 e. The molecule has 0 amide bonds. The summed E-state index contributed by atoms with van der Waals surface area (Å²) in [6.07, 6.45) is 0.854. The number of pyridine rings is 2. The summed E-state index contributed by atoms with van der Waals surface area (Å²) in [5.41, 5.74) is 2.66. The molecule has 3 aliphatic rings. The molecule has 5 heterocycles. The Bertz CT molecular complexity index is 1590. The van der Waals surface area contributed by atoms with Gasteiger partial charge in [0.15, 0.2) is 17.1 Å². The van der Waals surface area contributed by atoms with Gasteiger partial charge in [0.05, 0.1) is 29.0 Å². The molecule has 0 fully saturated rings. The van der Waals surface area contributed by atoms with Crippen LogP contribution >= 0.6 is 0 Å². The van der Waals surface area contributed by atoms with Crippen LogP contribution in [0.4, 0.5) is 0 Å².